The van der Waals surface area contributed by atoms with Crippen LogP contribution in [0.2, 0.25) is 0 Å². The number of carbonyl (C=O) groups is 1. The lowest BCUT2D eigenvalue weighted by atomic mass is 9.96. The first kappa shape index (κ1) is 21.3. The number of nitrogens with one attached hydrogen (secondary N) is 2. The van der Waals surface area contributed by atoms with E-state index in [9.17, 15) is 13.2 Å². The van der Waals surface area contributed by atoms with Crippen LogP contribution in [0.1, 0.15) is 24.6 Å². The van der Waals surface area contributed by atoms with Gasteiger partial charge in [-0.1, -0.05) is 6.92 Å². The van der Waals surface area contributed by atoms with E-state index < -0.39 is 20.5 Å². The van der Waals surface area contributed by atoms with Crippen molar-refractivity contribution < 1.29 is 13.2 Å². The molecule has 0 radical (unpaired) electrons. The Hall–Kier alpha value is -1.00. The molecule has 0 spiro atoms. The fourth-order valence-corrected chi connectivity index (χ4v) is 5.98. The Bertz CT molecular complexity index is 870. The summed E-state index contributed by atoms with van der Waals surface area (Å²) in [7, 11) is -3.53. The van der Waals surface area contributed by atoms with Crippen LogP contribution in [-0.4, -0.2) is 43.4 Å². The summed E-state index contributed by atoms with van der Waals surface area (Å²) < 4.78 is 23.2. The molecule has 10 heteroatoms. The smallest absolute Gasteiger partial charge is 0.247 e. The summed E-state index contributed by atoms with van der Waals surface area (Å²) in [6.07, 6.45) is 2.67. The van der Waals surface area contributed by atoms with Crippen LogP contribution >= 0.6 is 35.1 Å². The van der Waals surface area contributed by atoms with Crippen molar-refractivity contribution in [2.45, 2.75) is 30.9 Å². The summed E-state index contributed by atoms with van der Waals surface area (Å²) in [5.74, 6) is -0.474. The molecule has 144 valence electrons. The van der Waals surface area contributed by atoms with Crippen LogP contribution in [0.3, 0.4) is 0 Å². The van der Waals surface area contributed by atoms with Gasteiger partial charge in [0.2, 0.25) is 5.91 Å². The van der Waals surface area contributed by atoms with Gasteiger partial charge in [0.1, 0.15) is 0 Å². The first-order chi connectivity index (χ1) is 11.9. The highest BCUT2D eigenvalue weighted by atomic mass is 35.5. The zero-order chi connectivity index (χ0) is 18.1. The molecule has 1 fully saturated rings. The van der Waals surface area contributed by atoms with E-state index in [1.54, 1.807) is 11.3 Å². The van der Waals surface area contributed by atoms with Crippen LogP contribution in [0.15, 0.2) is 17.5 Å². The van der Waals surface area contributed by atoms with Gasteiger partial charge in [0.05, 0.1) is 10.6 Å². The number of hydrogen-bond donors (Lipinski definition) is 2. The number of rotatable bonds is 5. The van der Waals surface area contributed by atoms with Gasteiger partial charge in [0.15, 0.2) is 19.7 Å². The monoisotopic (exact) mass is 435 g/mol. The van der Waals surface area contributed by atoms with Gasteiger partial charge in [-0.15, -0.1) is 35.1 Å². The lowest BCUT2D eigenvalue weighted by Crippen LogP contribution is -2.55. The lowest BCUT2D eigenvalue weighted by molar-refractivity contribution is -0.119. The largest absolute Gasteiger partial charge is 0.317 e. The van der Waals surface area contributed by atoms with Crippen LogP contribution in [-0.2, 0) is 21.1 Å². The molecule has 0 atom stereocenters. The molecular weight excluding hydrogens is 414 g/mol. The highest BCUT2D eigenvalue weighted by Crippen LogP contribution is 2.33. The molecule has 2 N–H and O–H groups in total. The fraction of sp³-hybridized carbons (Fsp3) is 0.500. The number of sulfone groups is 1. The second-order valence-corrected chi connectivity index (χ2v) is 10.5. The average Bonchev–Trinajstić information content (AvgIpc) is 3.23. The molecule has 3 heterocycles. The molecule has 1 saturated heterocycles. The number of anilines is 1. The number of carbonyl (C=O) groups excluding carboxylic acids is 1. The molecule has 0 aromatic carbocycles. The lowest BCUT2D eigenvalue weighted by Gasteiger charge is -2.33. The minimum atomic E-state index is -3.53. The Morgan fingerprint density at radius 2 is 2.04 bits per heavy atom. The zero-order valence-corrected chi connectivity index (χ0v) is 17.8. The van der Waals surface area contributed by atoms with Gasteiger partial charge in [0, 0.05) is 16.5 Å². The predicted molar refractivity (Wildman–Crippen MR) is 110 cm³/mol. The number of aromatic nitrogens is 1. The van der Waals surface area contributed by atoms with Gasteiger partial charge in [0.25, 0.3) is 0 Å². The summed E-state index contributed by atoms with van der Waals surface area (Å²) in [5, 5.41) is 8.17. The van der Waals surface area contributed by atoms with Gasteiger partial charge in [-0.3, -0.25) is 4.79 Å². The fourth-order valence-electron chi connectivity index (χ4n) is 2.96. The number of hydrogen-bond acceptors (Lipinski definition) is 7. The van der Waals surface area contributed by atoms with E-state index in [-0.39, 0.29) is 25.2 Å². The highest BCUT2D eigenvalue weighted by Gasteiger charge is 2.48. The van der Waals surface area contributed by atoms with Crippen LogP contribution in [0.25, 0.3) is 10.6 Å². The molecule has 0 aliphatic carbocycles. The molecule has 0 saturated carbocycles. The van der Waals surface area contributed by atoms with E-state index in [0.29, 0.717) is 18.2 Å². The molecule has 0 unspecified atom stereocenters. The number of nitrogens with zero attached hydrogens (tertiary/aromatic N) is 1. The normalized spacial score (nSPS) is 16.7. The van der Waals surface area contributed by atoms with Gasteiger partial charge < -0.3 is 10.6 Å². The summed E-state index contributed by atoms with van der Waals surface area (Å²) in [6, 6.07) is 4.10. The zero-order valence-electron chi connectivity index (χ0n) is 14.6. The maximum atomic E-state index is 12.8. The van der Waals surface area contributed by atoms with Gasteiger partial charge in [-0.25, -0.2) is 13.4 Å². The molecule has 2 aromatic heterocycles. The van der Waals surface area contributed by atoms with E-state index in [1.807, 2.05) is 11.4 Å². The van der Waals surface area contributed by atoms with Crippen molar-refractivity contribution in [1.82, 2.24) is 10.3 Å². The first-order valence-electron chi connectivity index (χ1n) is 8.12. The van der Waals surface area contributed by atoms with Crippen LogP contribution in [0.5, 0.6) is 0 Å². The Balaban J connectivity index is 0.00000243. The van der Waals surface area contributed by atoms with E-state index in [4.69, 9.17) is 0 Å². The minimum absolute atomic E-state index is 0. The number of thiazole rings is 1. The SMILES string of the molecule is CCc1ccc(-c2csc(NC(=O)C3(S(C)(=O)=O)CCNCC3)n2)s1.Cl. The first-order valence-corrected chi connectivity index (χ1v) is 11.7. The topological polar surface area (TPSA) is 88.2 Å². The third kappa shape index (κ3) is 4.12. The van der Waals surface area contributed by atoms with Crippen molar-refractivity contribution in [2.24, 2.45) is 0 Å². The van der Waals surface area contributed by atoms with Crippen LogP contribution < -0.4 is 10.6 Å². The number of halogens is 1. The molecule has 1 aliphatic rings. The van der Waals surface area contributed by atoms with Gasteiger partial charge in [-0.05, 0) is 44.5 Å². The van der Waals surface area contributed by atoms with Crippen molar-refractivity contribution in [2.75, 3.05) is 24.7 Å². The van der Waals surface area contributed by atoms with Crippen molar-refractivity contribution >= 4 is 56.0 Å². The highest BCUT2D eigenvalue weighted by molar-refractivity contribution is 7.92. The third-order valence-electron chi connectivity index (χ3n) is 4.52. The average molecular weight is 436 g/mol. The Kier molecular flexibility index (Phi) is 6.84. The number of thiophene rings is 1. The summed E-state index contributed by atoms with van der Waals surface area (Å²) in [5.41, 5.74) is 0.809. The number of amides is 1. The van der Waals surface area contributed by atoms with Crippen molar-refractivity contribution in [1.29, 1.82) is 0 Å². The molecule has 6 nitrogen and oxygen atoms in total. The molecule has 3 rings (SSSR count). The second-order valence-electron chi connectivity index (χ2n) is 6.13. The van der Waals surface area contributed by atoms with Gasteiger partial charge >= 0.3 is 0 Å². The van der Waals surface area contributed by atoms with E-state index in [0.717, 1.165) is 23.2 Å². The van der Waals surface area contributed by atoms with Gasteiger partial charge in [-0.2, -0.15) is 0 Å². The quantitative estimate of drug-likeness (QED) is 0.753. The summed E-state index contributed by atoms with van der Waals surface area (Å²) in [6.45, 7) is 3.13. The van der Waals surface area contributed by atoms with Crippen molar-refractivity contribution in [3.8, 4) is 10.6 Å². The van der Waals surface area contributed by atoms with Crippen LogP contribution in [0.4, 0.5) is 5.13 Å². The van der Waals surface area contributed by atoms with Crippen molar-refractivity contribution in [3.05, 3.63) is 22.4 Å². The molecule has 1 aliphatic heterocycles. The Labute approximate surface area is 167 Å². The van der Waals surface area contributed by atoms with E-state index in [1.165, 1.54) is 16.2 Å². The molecule has 0 bridgehead atoms. The minimum Gasteiger partial charge on any atom is -0.317 e. The molecule has 1 amide bonds. The van der Waals surface area contributed by atoms with Crippen LogP contribution in [0, 0.1) is 0 Å². The Morgan fingerprint density at radius 3 is 2.62 bits per heavy atom. The standard InChI is InChI=1S/C16H21N3O3S3.ClH/c1-3-11-4-5-13(24-11)12-10-23-15(18-12)19-14(20)16(25(2,21)22)6-8-17-9-7-16;/h4-5,10,17H,3,6-9H2,1-2H3,(H,18,19,20);1H. The molecule has 26 heavy (non-hydrogen) atoms. The molecule has 2 aromatic rings. The summed E-state index contributed by atoms with van der Waals surface area (Å²) >= 11 is 2.99. The number of piperidine rings is 1. The third-order valence-corrected chi connectivity index (χ3v) is 8.55. The predicted octanol–water partition coefficient (Wildman–Crippen LogP) is 2.96. The molecular formula is C16H22ClN3O3S3. The van der Waals surface area contributed by atoms with E-state index in [2.05, 4.69) is 28.6 Å². The maximum absolute atomic E-state index is 12.8. The number of aryl methyl sites for hydroxylation is 1. The van der Waals surface area contributed by atoms with Crippen molar-refractivity contribution in [3.63, 3.8) is 0 Å². The summed E-state index contributed by atoms with van der Waals surface area (Å²) in [4.78, 5) is 19.6. The second kappa shape index (κ2) is 8.35. The maximum Gasteiger partial charge on any atom is 0.247 e. The Morgan fingerprint density at radius 1 is 1.35 bits per heavy atom. The van der Waals surface area contributed by atoms with E-state index >= 15 is 0 Å².